The van der Waals surface area contributed by atoms with Crippen molar-refractivity contribution in [2.24, 2.45) is 0 Å². The Labute approximate surface area is 68.7 Å². The number of halogens is 1. The van der Waals surface area contributed by atoms with Crippen LogP contribution in [0.2, 0.25) is 5.71 Å². The van der Waals surface area contributed by atoms with E-state index in [4.69, 9.17) is 19.8 Å². The molecule has 0 heterocycles. The Morgan fingerprint density at radius 1 is 1.70 bits per heavy atom. The Hall–Kier alpha value is 0.308. The fourth-order valence-corrected chi connectivity index (χ4v) is 0. The molecule has 0 saturated carbocycles. The van der Waals surface area contributed by atoms with Crippen molar-refractivity contribution in [1.29, 1.82) is 0 Å². The average molecular weight is 231 g/mol. The van der Waals surface area contributed by atoms with Gasteiger partial charge in [-0.1, -0.05) is 12.2 Å². The molecule has 10 heavy (non-hydrogen) atoms. The zero-order chi connectivity index (χ0) is 8.78. The summed E-state index contributed by atoms with van der Waals surface area (Å²) in [5.74, 6) is 0.583. The van der Waals surface area contributed by atoms with Crippen molar-refractivity contribution in [3.8, 4) is 0 Å². The second kappa shape index (κ2) is 6.05. The first kappa shape index (κ1) is 12.9. The van der Waals surface area contributed by atoms with Gasteiger partial charge in [0.2, 0.25) is 0 Å². The van der Waals surface area contributed by atoms with Crippen LogP contribution >= 0.6 is 11.6 Å². The van der Waals surface area contributed by atoms with Crippen LogP contribution in [0.1, 0.15) is 6.92 Å². The normalized spacial score (nSPS) is 9.70. The molecule has 0 aromatic carbocycles. The van der Waals surface area contributed by atoms with Crippen molar-refractivity contribution >= 4 is 25.8 Å². The predicted molar refractivity (Wildman–Crippen MR) is 42.3 cm³/mol. The summed E-state index contributed by atoms with van der Waals surface area (Å²) < 4.78 is 24.8. The quantitative estimate of drug-likeness (QED) is 0.397. The zero-order valence-corrected chi connectivity index (χ0v) is 8.67. The van der Waals surface area contributed by atoms with Crippen molar-refractivity contribution in [1.82, 2.24) is 0 Å². The first-order valence-corrected chi connectivity index (χ1v) is 7.36. The van der Waals surface area contributed by atoms with Crippen LogP contribution in [-0.4, -0.2) is 28.2 Å². The van der Waals surface area contributed by atoms with Crippen molar-refractivity contribution < 1.29 is 11.9 Å². The van der Waals surface area contributed by atoms with E-state index in [1.807, 2.05) is 6.92 Å². The summed E-state index contributed by atoms with van der Waals surface area (Å²) in [5.41, 5.74) is 1.93. The van der Waals surface area contributed by atoms with Gasteiger partial charge in [0.05, 0.1) is 0 Å². The molecule has 0 saturated heterocycles. The molecular formula is C5H12AsClO3. The molecule has 0 fully saturated rings. The van der Waals surface area contributed by atoms with E-state index in [0.29, 0.717) is 5.88 Å². The third-order valence-corrected chi connectivity index (χ3v) is 0.684. The zero-order valence-electron chi connectivity index (χ0n) is 6.04. The first-order chi connectivity index (χ1) is 4.27. The summed E-state index contributed by atoms with van der Waals surface area (Å²) in [7, 11) is 0. The molecule has 3 nitrogen and oxygen atoms in total. The van der Waals surface area contributed by atoms with Gasteiger partial charge in [-0.05, 0) is 6.92 Å². The van der Waals surface area contributed by atoms with Crippen molar-refractivity contribution in [2.45, 2.75) is 12.6 Å². The second-order valence-electron chi connectivity index (χ2n) is 1.93. The third-order valence-electron chi connectivity index (χ3n) is 0.228. The number of rotatable bonds is 1. The second-order valence-corrected chi connectivity index (χ2v) is 5.70. The minimum atomic E-state index is -4.12. The van der Waals surface area contributed by atoms with E-state index in [9.17, 15) is 3.74 Å². The molecule has 0 rings (SSSR count). The van der Waals surface area contributed by atoms with Crippen LogP contribution in [0.5, 0.6) is 0 Å². The maximum atomic E-state index is 9.39. The van der Waals surface area contributed by atoms with E-state index >= 15 is 0 Å². The molecule has 0 unspecified atom stereocenters. The van der Waals surface area contributed by atoms with Crippen molar-refractivity contribution in [3.05, 3.63) is 12.2 Å². The number of alkyl halides is 1. The molecule has 5 heteroatoms. The van der Waals surface area contributed by atoms with Crippen molar-refractivity contribution in [2.75, 3.05) is 5.88 Å². The number of hydrogen-bond acceptors (Lipinski definition) is 1. The third kappa shape index (κ3) is 83.3. The molecule has 0 aliphatic heterocycles. The average Bonchev–Trinajstić information content (AvgIpc) is 1.61. The molecular weight excluding hydrogens is 218 g/mol. The summed E-state index contributed by atoms with van der Waals surface area (Å²) >= 11 is 1.11. The summed E-state index contributed by atoms with van der Waals surface area (Å²) in [6, 6.07) is 0. The maximum absolute atomic E-state index is 9.39. The van der Waals surface area contributed by atoms with E-state index in [2.05, 4.69) is 6.58 Å². The van der Waals surface area contributed by atoms with E-state index < -0.39 is 14.2 Å². The molecule has 0 atom stereocenters. The monoisotopic (exact) mass is 230 g/mol. The van der Waals surface area contributed by atoms with Crippen LogP contribution in [0.4, 0.5) is 0 Å². The van der Waals surface area contributed by atoms with Crippen LogP contribution in [0.3, 0.4) is 0 Å². The molecule has 0 amide bonds. The van der Waals surface area contributed by atoms with Gasteiger partial charge in [-0.3, -0.25) is 0 Å². The van der Waals surface area contributed by atoms with Gasteiger partial charge in [-0.25, -0.2) is 0 Å². The molecule has 0 aliphatic carbocycles. The summed E-state index contributed by atoms with van der Waals surface area (Å²) in [6.45, 7) is 5.44. The van der Waals surface area contributed by atoms with Crippen LogP contribution in [0.15, 0.2) is 12.2 Å². The topological polar surface area (TPSA) is 57.5 Å². The van der Waals surface area contributed by atoms with E-state index in [-0.39, 0.29) is 0 Å². The molecule has 0 aromatic heterocycles. The van der Waals surface area contributed by atoms with Crippen LogP contribution in [0, 0.1) is 0 Å². The van der Waals surface area contributed by atoms with E-state index in [0.717, 1.165) is 11.3 Å². The Morgan fingerprint density at radius 2 is 1.80 bits per heavy atom. The minimum absolute atomic E-state index is 0.583. The molecule has 0 aliphatic rings. The molecule has 0 radical (unpaired) electrons. The Balaban J connectivity index is 0. The van der Waals surface area contributed by atoms with E-state index in [1.165, 1.54) is 0 Å². The molecule has 2 N–H and O–H groups in total. The van der Waals surface area contributed by atoms with Crippen LogP contribution in [-0.2, 0) is 3.74 Å². The SMILES string of the molecule is C=C(C)CCl.C[As](=O)(O)O. The van der Waals surface area contributed by atoms with Gasteiger partial charge < -0.3 is 0 Å². The van der Waals surface area contributed by atoms with Gasteiger partial charge in [0.25, 0.3) is 0 Å². The fourth-order valence-electron chi connectivity index (χ4n) is 0. The van der Waals surface area contributed by atoms with Crippen LogP contribution in [0.25, 0.3) is 0 Å². The number of hydrogen-bond donors (Lipinski definition) is 2. The summed E-state index contributed by atoms with van der Waals surface area (Å²) in [5, 5.41) is 0. The first-order valence-electron chi connectivity index (χ1n) is 2.50. The fraction of sp³-hybridized carbons (Fsp3) is 0.600. The summed E-state index contributed by atoms with van der Waals surface area (Å²) in [4.78, 5) is 0. The Morgan fingerprint density at radius 3 is 1.80 bits per heavy atom. The van der Waals surface area contributed by atoms with Gasteiger partial charge in [0.15, 0.2) is 0 Å². The Bertz CT molecular complexity index is 132. The Kier molecular flexibility index (Phi) is 7.82. The summed E-state index contributed by atoms with van der Waals surface area (Å²) in [6.07, 6.45) is 0. The van der Waals surface area contributed by atoms with Gasteiger partial charge in [-0.2, -0.15) is 0 Å². The van der Waals surface area contributed by atoms with Gasteiger partial charge in [0.1, 0.15) is 0 Å². The van der Waals surface area contributed by atoms with E-state index in [1.54, 1.807) is 0 Å². The molecule has 0 bridgehead atoms. The van der Waals surface area contributed by atoms with Gasteiger partial charge >= 0.3 is 31.8 Å². The molecule has 62 valence electrons. The van der Waals surface area contributed by atoms with Gasteiger partial charge in [-0.15, -0.1) is 11.6 Å². The van der Waals surface area contributed by atoms with Crippen molar-refractivity contribution in [3.63, 3.8) is 0 Å². The number of allylic oxidation sites excluding steroid dienone is 1. The standard InChI is InChI=1S/C4H7Cl.CH5AsO3/c1-4(2)3-5;1-2(3,4)5/h1,3H2,2H3;1H3,(H2,3,4,5). The van der Waals surface area contributed by atoms with Crippen LogP contribution < -0.4 is 0 Å². The molecule has 0 aromatic rings. The molecule has 0 spiro atoms. The van der Waals surface area contributed by atoms with Gasteiger partial charge in [0, 0.05) is 5.88 Å². The predicted octanol–water partition coefficient (Wildman–Crippen LogP) is 0.771.